The Balaban J connectivity index is 3.37. The van der Waals surface area contributed by atoms with Crippen molar-refractivity contribution < 1.29 is 4.39 Å². The zero-order chi connectivity index (χ0) is 7.56. The smallest absolute Gasteiger partial charge is 0.250 e. The van der Waals surface area contributed by atoms with Gasteiger partial charge in [0.1, 0.15) is 17.4 Å². The van der Waals surface area contributed by atoms with Crippen LogP contribution in [0.15, 0.2) is 17.1 Å². The van der Waals surface area contributed by atoms with E-state index < -0.39 is 11.4 Å². The molecule has 0 amide bonds. The lowest BCUT2D eigenvalue weighted by Crippen LogP contribution is -2.05. The molecule has 1 aromatic rings. The van der Waals surface area contributed by atoms with E-state index in [2.05, 4.69) is 4.98 Å². The van der Waals surface area contributed by atoms with E-state index in [1.54, 1.807) is 6.07 Å². The summed E-state index contributed by atoms with van der Waals surface area (Å²) in [6, 6.07) is 2.31. The molecule has 1 heterocycles. The Morgan fingerprint density at radius 1 is 1.70 bits per heavy atom. The first-order valence-electron chi connectivity index (χ1n) is 2.52. The summed E-state index contributed by atoms with van der Waals surface area (Å²) in [6.45, 7) is 0. The fourth-order valence-electron chi connectivity index (χ4n) is 0.532. The van der Waals surface area contributed by atoms with Crippen LogP contribution in [0, 0.1) is 17.1 Å². The van der Waals surface area contributed by atoms with E-state index >= 15 is 0 Å². The van der Waals surface area contributed by atoms with Crippen LogP contribution in [0.2, 0.25) is 0 Å². The van der Waals surface area contributed by atoms with Gasteiger partial charge >= 0.3 is 0 Å². The summed E-state index contributed by atoms with van der Waals surface area (Å²) >= 11 is 0. The number of nitriles is 1. The van der Waals surface area contributed by atoms with Gasteiger partial charge in [0.2, 0.25) is 0 Å². The van der Waals surface area contributed by atoms with Crippen LogP contribution in [0.1, 0.15) is 5.56 Å². The highest BCUT2D eigenvalue weighted by Crippen LogP contribution is 1.97. The molecule has 3 nitrogen and oxygen atoms in total. The number of nitrogens with zero attached hydrogens (tertiary/aromatic N) is 1. The summed E-state index contributed by atoms with van der Waals surface area (Å²) in [7, 11) is 0. The highest BCUT2D eigenvalue weighted by Gasteiger charge is 1.98. The SMILES string of the molecule is N#Cc1c[nH]c(=O)cc1F. The quantitative estimate of drug-likeness (QED) is 0.563. The number of H-pyrrole nitrogens is 1. The van der Waals surface area contributed by atoms with Crippen LogP contribution in [0.25, 0.3) is 0 Å². The molecule has 50 valence electrons. The Hall–Kier alpha value is -1.63. The normalized spacial score (nSPS) is 8.80. The van der Waals surface area contributed by atoms with Gasteiger partial charge in [0.05, 0.1) is 0 Å². The molecule has 10 heavy (non-hydrogen) atoms. The third kappa shape index (κ3) is 1.03. The van der Waals surface area contributed by atoms with Crippen LogP contribution in [0.5, 0.6) is 0 Å². The van der Waals surface area contributed by atoms with Crippen molar-refractivity contribution in [2.24, 2.45) is 0 Å². The standard InChI is InChI=1S/C6H3FN2O/c7-5-1-6(10)9-3-4(5)2-8/h1,3H,(H,9,10). The van der Waals surface area contributed by atoms with Gasteiger partial charge in [-0.3, -0.25) is 4.79 Å². The number of hydrogen-bond acceptors (Lipinski definition) is 2. The Labute approximate surface area is 55.7 Å². The molecular weight excluding hydrogens is 135 g/mol. The minimum absolute atomic E-state index is 0.153. The Morgan fingerprint density at radius 2 is 2.40 bits per heavy atom. The summed E-state index contributed by atoms with van der Waals surface area (Å²) in [5.41, 5.74) is -0.698. The van der Waals surface area contributed by atoms with Crippen molar-refractivity contribution in [2.45, 2.75) is 0 Å². The van der Waals surface area contributed by atoms with Crippen molar-refractivity contribution in [1.82, 2.24) is 4.98 Å². The maximum atomic E-state index is 12.4. The van der Waals surface area contributed by atoms with Gasteiger partial charge in [-0.25, -0.2) is 4.39 Å². The summed E-state index contributed by atoms with van der Waals surface area (Å²) in [5.74, 6) is -0.786. The first kappa shape index (κ1) is 6.49. The Kier molecular flexibility index (Phi) is 1.50. The van der Waals surface area contributed by atoms with Gasteiger partial charge in [0.15, 0.2) is 0 Å². The highest BCUT2D eigenvalue weighted by atomic mass is 19.1. The Bertz CT molecular complexity index is 336. The zero-order valence-corrected chi connectivity index (χ0v) is 4.89. The van der Waals surface area contributed by atoms with E-state index in [1.165, 1.54) is 0 Å². The molecule has 0 bridgehead atoms. The number of halogens is 1. The molecule has 1 rings (SSSR count). The van der Waals surface area contributed by atoms with E-state index in [0.29, 0.717) is 0 Å². The molecule has 0 aliphatic carbocycles. The number of nitrogens with one attached hydrogen (secondary N) is 1. The molecule has 0 saturated heterocycles. The summed E-state index contributed by atoms with van der Waals surface area (Å²) in [4.78, 5) is 12.5. The van der Waals surface area contributed by atoms with Gasteiger partial charge in [-0.05, 0) is 0 Å². The average molecular weight is 138 g/mol. The van der Waals surface area contributed by atoms with E-state index in [-0.39, 0.29) is 5.56 Å². The van der Waals surface area contributed by atoms with E-state index in [4.69, 9.17) is 5.26 Å². The lowest BCUT2D eigenvalue weighted by atomic mass is 10.3. The fourth-order valence-corrected chi connectivity index (χ4v) is 0.532. The molecule has 0 atom stereocenters. The second-order valence-electron chi connectivity index (χ2n) is 1.67. The monoisotopic (exact) mass is 138 g/mol. The second-order valence-corrected chi connectivity index (χ2v) is 1.67. The molecule has 0 fully saturated rings. The molecule has 0 radical (unpaired) electrons. The third-order valence-electron chi connectivity index (χ3n) is 0.994. The molecule has 0 saturated carbocycles. The van der Waals surface area contributed by atoms with Crippen molar-refractivity contribution in [2.75, 3.05) is 0 Å². The van der Waals surface area contributed by atoms with Gasteiger partial charge < -0.3 is 4.98 Å². The maximum Gasteiger partial charge on any atom is 0.250 e. The topological polar surface area (TPSA) is 56.6 Å². The van der Waals surface area contributed by atoms with E-state index in [9.17, 15) is 9.18 Å². The first-order valence-corrected chi connectivity index (χ1v) is 2.52. The van der Waals surface area contributed by atoms with Crippen LogP contribution in [-0.2, 0) is 0 Å². The van der Waals surface area contributed by atoms with E-state index in [1.807, 2.05) is 0 Å². The molecule has 1 aromatic heterocycles. The number of hydrogen-bond donors (Lipinski definition) is 1. The number of rotatable bonds is 0. The van der Waals surface area contributed by atoms with Crippen molar-refractivity contribution >= 4 is 0 Å². The molecule has 4 heteroatoms. The summed E-state index contributed by atoms with van der Waals surface area (Å²) in [6.07, 6.45) is 1.04. The van der Waals surface area contributed by atoms with Gasteiger partial charge in [0.25, 0.3) is 5.56 Å². The lowest BCUT2D eigenvalue weighted by molar-refractivity contribution is 0.619. The summed E-state index contributed by atoms with van der Waals surface area (Å²) in [5, 5.41) is 8.20. The van der Waals surface area contributed by atoms with Crippen LogP contribution in [-0.4, -0.2) is 4.98 Å². The molecule has 0 aliphatic rings. The fraction of sp³-hybridized carbons (Fsp3) is 0. The average Bonchev–Trinajstić information content (AvgIpc) is 1.88. The molecule has 0 aromatic carbocycles. The first-order chi connectivity index (χ1) is 4.74. The molecule has 0 unspecified atom stereocenters. The third-order valence-corrected chi connectivity index (χ3v) is 0.994. The summed E-state index contributed by atoms with van der Waals surface area (Å²) < 4.78 is 12.4. The molecule has 1 N–H and O–H groups in total. The van der Waals surface area contributed by atoms with Crippen molar-refractivity contribution in [3.8, 4) is 6.07 Å². The number of pyridine rings is 1. The van der Waals surface area contributed by atoms with Crippen LogP contribution in [0.4, 0.5) is 4.39 Å². The van der Waals surface area contributed by atoms with Gasteiger partial charge in [-0.15, -0.1) is 0 Å². The zero-order valence-electron chi connectivity index (χ0n) is 4.89. The largest absolute Gasteiger partial charge is 0.328 e. The predicted octanol–water partition coefficient (Wildman–Crippen LogP) is 0.386. The minimum Gasteiger partial charge on any atom is -0.328 e. The number of aromatic amines is 1. The van der Waals surface area contributed by atoms with Gasteiger partial charge in [-0.1, -0.05) is 0 Å². The molecular formula is C6H3FN2O. The van der Waals surface area contributed by atoms with Crippen molar-refractivity contribution in [1.29, 1.82) is 5.26 Å². The van der Waals surface area contributed by atoms with Crippen molar-refractivity contribution in [3.05, 3.63) is 34.0 Å². The van der Waals surface area contributed by atoms with Crippen LogP contribution >= 0.6 is 0 Å². The van der Waals surface area contributed by atoms with E-state index in [0.717, 1.165) is 12.3 Å². The van der Waals surface area contributed by atoms with Gasteiger partial charge in [-0.2, -0.15) is 5.26 Å². The predicted molar refractivity (Wildman–Crippen MR) is 31.7 cm³/mol. The Morgan fingerprint density at radius 3 is 2.90 bits per heavy atom. The number of aromatic nitrogens is 1. The highest BCUT2D eigenvalue weighted by molar-refractivity contribution is 5.25. The molecule has 0 spiro atoms. The molecule has 0 aliphatic heterocycles. The second kappa shape index (κ2) is 2.31. The van der Waals surface area contributed by atoms with Crippen LogP contribution < -0.4 is 5.56 Å². The van der Waals surface area contributed by atoms with Gasteiger partial charge in [0, 0.05) is 12.3 Å². The van der Waals surface area contributed by atoms with Crippen LogP contribution in [0.3, 0.4) is 0 Å². The van der Waals surface area contributed by atoms with Crippen molar-refractivity contribution in [3.63, 3.8) is 0 Å². The minimum atomic E-state index is -0.786. The lowest BCUT2D eigenvalue weighted by Gasteiger charge is -1.87. The maximum absolute atomic E-state index is 12.4.